The third-order valence-corrected chi connectivity index (χ3v) is 7.50. The minimum atomic E-state index is 0.907. The van der Waals surface area contributed by atoms with Crippen molar-refractivity contribution in [3.05, 3.63) is 103 Å². The molecular weight excluding hydrogens is 404 g/mol. The second-order valence-electron chi connectivity index (χ2n) is 7.24. The molecular formula is C27H17OS2+. The van der Waals surface area contributed by atoms with Gasteiger partial charge in [-0.25, -0.2) is 4.42 Å². The number of hydrogen-bond acceptors (Lipinski definition) is 2. The smallest absolute Gasteiger partial charge is 0.205 e. The minimum Gasteiger partial charge on any atom is -0.205 e. The van der Waals surface area contributed by atoms with Gasteiger partial charge in [0.25, 0.3) is 0 Å². The van der Waals surface area contributed by atoms with E-state index in [9.17, 15) is 0 Å². The third-order valence-electron chi connectivity index (χ3n) is 5.24. The average molecular weight is 422 g/mol. The van der Waals surface area contributed by atoms with E-state index in [1.165, 1.54) is 31.3 Å². The molecule has 0 atom stereocenters. The molecule has 6 rings (SSSR count). The van der Waals surface area contributed by atoms with Crippen molar-refractivity contribution in [3.8, 4) is 32.4 Å². The minimum absolute atomic E-state index is 0.907. The van der Waals surface area contributed by atoms with Crippen LogP contribution in [0.4, 0.5) is 0 Å². The van der Waals surface area contributed by atoms with E-state index in [2.05, 4.69) is 103 Å². The van der Waals surface area contributed by atoms with Gasteiger partial charge in [0, 0.05) is 15.0 Å². The summed E-state index contributed by atoms with van der Waals surface area (Å²) in [4.78, 5) is 2.30. The van der Waals surface area contributed by atoms with E-state index in [0.717, 1.165) is 21.3 Å². The summed E-state index contributed by atoms with van der Waals surface area (Å²) >= 11 is 3.55. The Morgan fingerprint density at radius 3 is 1.50 bits per heavy atom. The molecule has 1 nitrogen and oxygen atoms in total. The standard InChI is InChI=1S/C27H17OS2/c1-2-8-18(9-3-1)21-14-22(26-16-19-10-4-6-12-24(19)29-26)28-23(15-21)27-17-20-11-5-7-13-25(20)30-27/h1-17H/q+1. The first-order valence-corrected chi connectivity index (χ1v) is 11.5. The summed E-state index contributed by atoms with van der Waals surface area (Å²) in [6.07, 6.45) is 0. The Bertz CT molecular complexity index is 1330. The number of thiophene rings is 2. The molecule has 6 aromatic rings. The highest BCUT2D eigenvalue weighted by Crippen LogP contribution is 2.40. The molecule has 0 aliphatic heterocycles. The van der Waals surface area contributed by atoms with Gasteiger partial charge in [0.1, 0.15) is 9.75 Å². The molecule has 0 spiro atoms. The molecule has 3 heteroatoms. The van der Waals surface area contributed by atoms with Gasteiger partial charge in [-0.05, 0) is 40.6 Å². The van der Waals surface area contributed by atoms with E-state index in [4.69, 9.17) is 4.42 Å². The predicted octanol–water partition coefficient (Wildman–Crippen LogP) is 8.99. The summed E-state index contributed by atoms with van der Waals surface area (Å²) in [7, 11) is 0. The van der Waals surface area contributed by atoms with Crippen LogP contribution in [0.1, 0.15) is 0 Å². The van der Waals surface area contributed by atoms with Gasteiger partial charge in [-0.1, -0.05) is 66.7 Å². The van der Waals surface area contributed by atoms with Crippen molar-refractivity contribution in [2.45, 2.75) is 0 Å². The third kappa shape index (κ3) is 3.13. The highest BCUT2D eigenvalue weighted by molar-refractivity contribution is 7.22. The molecule has 0 radical (unpaired) electrons. The molecule has 0 bridgehead atoms. The van der Waals surface area contributed by atoms with Crippen LogP contribution in [-0.4, -0.2) is 0 Å². The molecule has 0 N–H and O–H groups in total. The number of fused-ring (bicyclic) bond motifs is 2. The lowest BCUT2D eigenvalue weighted by atomic mass is 10.0. The highest BCUT2D eigenvalue weighted by Gasteiger charge is 2.23. The van der Waals surface area contributed by atoms with Crippen LogP contribution in [-0.2, 0) is 0 Å². The zero-order valence-corrected chi connectivity index (χ0v) is 17.7. The lowest BCUT2D eigenvalue weighted by molar-refractivity contribution is 0.585. The van der Waals surface area contributed by atoms with Crippen LogP contribution < -0.4 is 0 Å². The van der Waals surface area contributed by atoms with Gasteiger partial charge in [-0.15, -0.1) is 22.7 Å². The van der Waals surface area contributed by atoms with Crippen molar-refractivity contribution in [1.82, 2.24) is 0 Å². The lowest BCUT2D eigenvalue weighted by Gasteiger charge is -2.00. The molecule has 0 aliphatic rings. The molecule has 142 valence electrons. The molecule has 3 heterocycles. The molecule has 0 aliphatic carbocycles. The van der Waals surface area contributed by atoms with Gasteiger partial charge in [0.05, 0.1) is 12.1 Å². The summed E-state index contributed by atoms with van der Waals surface area (Å²) in [6.45, 7) is 0. The summed E-state index contributed by atoms with van der Waals surface area (Å²) in [5.41, 5.74) is 2.36. The SMILES string of the molecule is c1ccc(-c2cc(-c3cc4ccccc4s3)[o+]c(-c3cc4ccccc4s3)c2)cc1. The average Bonchev–Trinajstić information content (AvgIpc) is 3.44. The second kappa shape index (κ2) is 7.21. The van der Waals surface area contributed by atoms with Crippen LogP contribution in [0.3, 0.4) is 0 Å². The quantitative estimate of drug-likeness (QED) is 0.259. The van der Waals surface area contributed by atoms with Crippen molar-refractivity contribution in [3.63, 3.8) is 0 Å². The number of benzene rings is 3. The Kier molecular flexibility index (Phi) is 4.22. The second-order valence-corrected chi connectivity index (χ2v) is 9.41. The largest absolute Gasteiger partial charge is 0.371 e. The van der Waals surface area contributed by atoms with E-state index in [1.807, 2.05) is 0 Å². The fraction of sp³-hybridized carbons (Fsp3) is 0. The predicted molar refractivity (Wildman–Crippen MR) is 130 cm³/mol. The fourth-order valence-corrected chi connectivity index (χ4v) is 5.78. The lowest BCUT2D eigenvalue weighted by Crippen LogP contribution is -1.83. The van der Waals surface area contributed by atoms with Crippen LogP contribution in [0.5, 0.6) is 0 Å². The maximum Gasteiger partial charge on any atom is 0.371 e. The summed E-state index contributed by atoms with van der Waals surface area (Å²) in [6, 6.07) is 36.3. The van der Waals surface area contributed by atoms with E-state index in [1.54, 1.807) is 22.7 Å². The van der Waals surface area contributed by atoms with Gasteiger partial charge < -0.3 is 0 Å². The van der Waals surface area contributed by atoms with Crippen molar-refractivity contribution >= 4 is 42.8 Å². The van der Waals surface area contributed by atoms with Crippen LogP contribution in [0, 0.1) is 0 Å². The molecule has 0 fully saturated rings. The van der Waals surface area contributed by atoms with E-state index >= 15 is 0 Å². The van der Waals surface area contributed by atoms with Gasteiger partial charge in [-0.3, -0.25) is 0 Å². The highest BCUT2D eigenvalue weighted by atomic mass is 32.1. The number of hydrogen-bond donors (Lipinski definition) is 0. The molecule has 0 amide bonds. The molecule has 0 saturated carbocycles. The molecule has 30 heavy (non-hydrogen) atoms. The topological polar surface area (TPSA) is 11.3 Å². The fourth-order valence-electron chi connectivity index (χ4n) is 3.75. The van der Waals surface area contributed by atoms with Crippen LogP contribution >= 0.6 is 22.7 Å². The van der Waals surface area contributed by atoms with E-state index in [0.29, 0.717) is 0 Å². The zero-order chi connectivity index (χ0) is 19.9. The first-order chi connectivity index (χ1) is 14.8. The maximum absolute atomic E-state index is 6.49. The Morgan fingerprint density at radius 1 is 0.467 bits per heavy atom. The van der Waals surface area contributed by atoms with Crippen molar-refractivity contribution < 1.29 is 4.42 Å². The van der Waals surface area contributed by atoms with Gasteiger partial charge in [-0.2, -0.15) is 0 Å². The first-order valence-electron chi connectivity index (χ1n) is 9.85. The summed E-state index contributed by atoms with van der Waals surface area (Å²) in [5.74, 6) is 1.81. The Morgan fingerprint density at radius 2 is 0.967 bits per heavy atom. The van der Waals surface area contributed by atoms with Crippen LogP contribution in [0.25, 0.3) is 52.6 Å². The number of rotatable bonds is 3. The van der Waals surface area contributed by atoms with Crippen molar-refractivity contribution in [2.75, 3.05) is 0 Å². The van der Waals surface area contributed by atoms with Gasteiger partial charge >= 0.3 is 11.5 Å². The molecule has 3 aromatic heterocycles. The van der Waals surface area contributed by atoms with Crippen molar-refractivity contribution in [1.29, 1.82) is 0 Å². The normalized spacial score (nSPS) is 11.3. The molecule has 0 unspecified atom stereocenters. The van der Waals surface area contributed by atoms with Crippen LogP contribution in [0.15, 0.2) is 108 Å². The Balaban J connectivity index is 1.57. The first kappa shape index (κ1) is 17.6. The maximum atomic E-state index is 6.49. The van der Waals surface area contributed by atoms with E-state index < -0.39 is 0 Å². The molecule has 0 saturated heterocycles. The summed E-state index contributed by atoms with van der Waals surface area (Å²) in [5, 5.41) is 2.50. The monoisotopic (exact) mass is 421 g/mol. The summed E-state index contributed by atoms with van der Waals surface area (Å²) < 4.78 is 9.04. The van der Waals surface area contributed by atoms with Crippen LogP contribution in [0.2, 0.25) is 0 Å². The molecule has 3 aromatic carbocycles. The van der Waals surface area contributed by atoms with Gasteiger partial charge in [0.2, 0.25) is 0 Å². The van der Waals surface area contributed by atoms with Gasteiger partial charge in [0.15, 0.2) is 0 Å². The van der Waals surface area contributed by atoms with E-state index in [-0.39, 0.29) is 0 Å². The Labute approximate surface area is 182 Å². The van der Waals surface area contributed by atoms with Crippen molar-refractivity contribution in [2.24, 2.45) is 0 Å². The Hall–Kier alpha value is -3.27. The zero-order valence-electron chi connectivity index (χ0n) is 16.0.